The van der Waals surface area contributed by atoms with E-state index in [0.29, 0.717) is 17.3 Å². The van der Waals surface area contributed by atoms with Gasteiger partial charge in [-0.25, -0.2) is 4.79 Å². The fourth-order valence-corrected chi connectivity index (χ4v) is 5.68. The monoisotopic (exact) mass is 422 g/mol. The van der Waals surface area contributed by atoms with E-state index in [1.807, 2.05) is 16.7 Å². The van der Waals surface area contributed by atoms with Gasteiger partial charge in [-0.15, -0.1) is 0 Å². The van der Waals surface area contributed by atoms with E-state index in [9.17, 15) is 14.7 Å². The number of pyridine rings is 1. The number of aromatic nitrogens is 1. The quantitative estimate of drug-likeness (QED) is 0.780. The third-order valence-electron chi connectivity index (χ3n) is 7.38. The Hall–Kier alpha value is -2.85. The Kier molecular flexibility index (Phi) is 5.52. The maximum atomic E-state index is 12.8. The van der Waals surface area contributed by atoms with Gasteiger partial charge in [0, 0.05) is 48.7 Å². The molecule has 7 heteroatoms. The van der Waals surface area contributed by atoms with Crippen molar-refractivity contribution in [3.05, 3.63) is 39.7 Å². The van der Waals surface area contributed by atoms with Crippen molar-refractivity contribution in [2.24, 2.45) is 17.1 Å². The molecule has 1 aromatic carbocycles. The second-order valence-corrected chi connectivity index (χ2v) is 9.18. The van der Waals surface area contributed by atoms with Crippen LogP contribution in [0, 0.1) is 29.6 Å². The number of carboxylic acid groups (broad SMARTS) is 1. The number of hydrogen-bond acceptors (Lipinski definition) is 5. The Morgan fingerprint density at radius 1 is 1.35 bits per heavy atom. The average Bonchev–Trinajstić information content (AvgIpc) is 3.40. The van der Waals surface area contributed by atoms with Gasteiger partial charge in [-0.1, -0.05) is 6.42 Å². The highest BCUT2D eigenvalue weighted by Crippen LogP contribution is 2.49. The van der Waals surface area contributed by atoms with Gasteiger partial charge in [-0.3, -0.25) is 4.79 Å². The van der Waals surface area contributed by atoms with E-state index in [4.69, 9.17) is 11.0 Å². The standard InChI is InChI=1S/C22H27N3O3.C2H3N/c1-13-18(24-9-14-3-2-8-22(14,11-23)12-24)7-6-16-19(13)25(15-4-5-15)10-17(20(16)26)21(27)28;1-2-3/h6-7,10,14-15H,2-5,8-9,11-12,23H2,1H3,(H,27,28);1H3. The molecule has 7 nitrogen and oxygen atoms in total. The van der Waals surface area contributed by atoms with Crippen LogP contribution < -0.4 is 16.1 Å². The summed E-state index contributed by atoms with van der Waals surface area (Å²) >= 11 is 0. The highest BCUT2D eigenvalue weighted by Gasteiger charge is 2.48. The molecule has 1 aliphatic heterocycles. The Morgan fingerprint density at radius 3 is 2.65 bits per heavy atom. The van der Waals surface area contributed by atoms with Gasteiger partial charge in [0.15, 0.2) is 0 Å². The molecule has 2 atom stereocenters. The summed E-state index contributed by atoms with van der Waals surface area (Å²) in [5, 5.41) is 17.3. The van der Waals surface area contributed by atoms with Crippen molar-refractivity contribution in [1.29, 1.82) is 5.26 Å². The van der Waals surface area contributed by atoms with Gasteiger partial charge in [-0.05, 0) is 62.8 Å². The molecule has 1 aromatic heterocycles. The lowest BCUT2D eigenvalue weighted by atomic mass is 9.81. The van der Waals surface area contributed by atoms with Crippen LogP contribution in [0.5, 0.6) is 0 Å². The number of nitrogens with two attached hydrogens (primary N) is 1. The van der Waals surface area contributed by atoms with Crippen LogP contribution in [0.4, 0.5) is 5.69 Å². The lowest BCUT2D eigenvalue weighted by Crippen LogP contribution is -2.35. The minimum Gasteiger partial charge on any atom is -0.477 e. The van der Waals surface area contributed by atoms with Crippen LogP contribution in [-0.4, -0.2) is 35.3 Å². The third-order valence-corrected chi connectivity index (χ3v) is 7.38. The van der Waals surface area contributed by atoms with Crippen LogP contribution in [0.15, 0.2) is 23.1 Å². The Bertz CT molecular complexity index is 1130. The first kappa shape index (κ1) is 21.4. The molecule has 0 bridgehead atoms. The summed E-state index contributed by atoms with van der Waals surface area (Å²) in [4.78, 5) is 26.8. The number of carbonyl (C=O) groups is 1. The first-order chi connectivity index (χ1) is 14.9. The summed E-state index contributed by atoms with van der Waals surface area (Å²) in [7, 11) is 0. The Balaban J connectivity index is 0.000000730. The average molecular weight is 423 g/mol. The van der Waals surface area contributed by atoms with E-state index >= 15 is 0 Å². The van der Waals surface area contributed by atoms with Crippen LogP contribution in [0.1, 0.15) is 61.0 Å². The fourth-order valence-electron chi connectivity index (χ4n) is 5.68. The van der Waals surface area contributed by atoms with Crippen molar-refractivity contribution < 1.29 is 9.90 Å². The number of aryl methyl sites for hydroxylation is 1. The summed E-state index contributed by atoms with van der Waals surface area (Å²) in [5.41, 5.74) is 9.03. The molecule has 5 rings (SSSR count). The molecule has 0 radical (unpaired) electrons. The molecular formula is C24H30N4O3. The minimum atomic E-state index is -1.15. The predicted octanol–water partition coefficient (Wildman–Crippen LogP) is 3.44. The summed E-state index contributed by atoms with van der Waals surface area (Å²) < 4.78 is 2.04. The molecule has 3 aliphatic rings. The molecule has 2 unspecified atom stereocenters. The maximum absolute atomic E-state index is 12.8. The number of benzene rings is 1. The van der Waals surface area contributed by atoms with Crippen molar-refractivity contribution in [2.45, 2.75) is 52.0 Å². The molecular weight excluding hydrogens is 392 g/mol. The van der Waals surface area contributed by atoms with Gasteiger partial charge in [0.2, 0.25) is 5.43 Å². The first-order valence-corrected chi connectivity index (χ1v) is 11.0. The van der Waals surface area contributed by atoms with Gasteiger partial charge in [0.05, 0.1) is 11.6 Å². The molecule has 3 fully saturated rings. The minimum absolute atomic E-state index is 0.135. The van der Waals surface area contributed by atoms with Crippen LogP contribution in [0.3, 0.4) is 0 Å². The van der Waals surface area contributed by atoms with Gasteiger partial charge in [-0.2, -0.15) is 5.26 Å². The topological polar surface area (TPSA) is 112 Å². The molecule has 31 heavy (non-hydrogen) atoms. The lowest BCUT2D eigenvalue weighted by Gasteiger charge is -2.28. The van der Waals surface area contributed by atoms with Crippen molar-refractivity contribution in [2.75, 3.05) is 24.5 Å². The summed E-state index contributed by atoms with van der Waals surface area (Å²) in [6.07, 6.45) is 7.33. The van der Waals surface area contributed by atoms with E-state index in [-0.39, 0.29) is 16.4 Å². The molecule has 2 aliphatic carbocycles. The smallest absolute Gasteiger partial charge is 0.341 e. The Morgan fingerprint density at radius 2 is 2.06 bits per heavy atom. The lowest BCUT2D eigenvalue weighted by molar-refractivity contribution is 0.0695. The number of aromatic carboxylic acids is 1. The second kappa shape index (κ2) is 8.01. The zero-order chi connectivity index (χ0) is 22.3. The van der Waals surface area contributed by atoms with Crippen molar-refractivity contribution >= 4 is 22.6 Å². The number of hydrogen-bond donors (Lipinski definition) is 2. The van der Waals surface area contributed by atoms with E-state index in [1.54, 1.807) is 12.3 Å². The van der Waals surface area contributed by atoms with Crippen molar-refractivity contribution in [1.82, 2.24) is 4.57 Å². The van der Waals surface area contributed by atoms with Crippen molar-refractivity contribution in [3.8, 4) is 6.07 Å². The van der Waals surface area contributed by atoms with E-state index in [1.165, 1.54) is 26.2 Å². The number of carboxylic acids is 1. The predicted molar refractivity (Wildman–Crippen MR) is 121 cm³/mol. The zero-order valence-corrected chi connectivity index (χ0v) is 18.2. The van der Waals surface area contributed by atoms with Crippen LogP contribution >= 0.6 is 0 Å². The van der Waals surface area contributed by atoms with E-state index < -0.39 is 5.97 Å². The first-order valence-electron chi connectivity index (χ1n) is 11.0. The normalized spacial score (nSPS) is 24.5. The number of nitrogens with zero attached hydrogens (tertiary/aromatic N) is 3. The number of rotatable bonds is 4. The summed E-state index contributed by atoms with van der Waals surface area (Å²) in [6, 6.07) is 5.88. The Labute approximate surface area is 182 Å². The van der Waals surface area contributed by atoms with Gasteiger partial charge < -0.3 is 20.3 Å². The SMILES string of the molecule is CC#N.Cc1c(N2CC3CCCC3(CN)C2)ccc2c(=O)c(C(=O)O)cn(C3CC3)c12. The molecule has 0 amide bonds. The van der Waals surface area contributed by atoms with Crippen LogP contribution in [0.25, 0.3) is 10.9 Å². The molecule has 1 saturated heterocycles. The largest absolute Gasteiger partial charge is 0.477 e. The highest BCUT2D eigenvalue weighted by molar-refractivity contribution is 5.95. The second-order valence-electron chi connectivity index (χ2n) is 9.18. The fraction of sp³-hybridized carbons (Fsp3) is 0.542. The van der Waals surface area contributed by atoms with E-state index in [0.717, 1.165) is 49.2 Å². The molecule has 3 N–H and O–H groups in total. The maximum Gasteiger partial charge on any atom is 0.341 e. The number of fused-ring (bicyclic) bond motifs is 2. The van der Waals surface area contributed by atoms with Crippen LogP contribution in [-0.2, 0) is 0 Å². The molecule has 0 spiro atoms. The molecule has 2 saturated carbocycles. The van der Waals surface area contributed by atoms with Crippen molar-refractivity contribution in [3.63, 3.8) is 0 Å². The summed E-state index contributed by atoms with van der Waals surface area (Å²) in [6.45, 7) is 6.22. The molecule has 164 valence electrons. The van der Waals surface area contributed by atoms with Crippen LogP contribution in [0.2, 0.25) is 0 Å². The highest BCUT2D eigenvalue weighted by atomic mass is 16.4. The van der Waals surface area contributed by atoms with Gasteiger partial charge in [0.1, 0.15) is 5.56 Å². The van der Waals surface area contributed by atoms with Gasteiger partial charge >= 0.3 is 5.97 Å². The third kappa shape index (κ3) is 3.49. The molecule has 2 heterocycles. The van der Waals surface area contributed by atoms with Gasteiger partial charge in [0.25, 0.3) is 0 Å². The summed E-state index contributed by atoms with van der Waals surface area (Å²) in [5.74, 6) is -0.507. The molecule has 2 aromatic rings. The number of nitriles is 1. The number of anilines is 1. The zero-order valence-electron chi connectivity index (χ0n) is 18.2. The van der Waals surface area contributed by atoms with E-state index in [2.05, 4.69) is 11.8 Å².